The summed E-state index contributed by atoms with van der Waals surface area (Å²) in [5.74, 6) is -2.83. The monoisotopic (exact) mass is 362 g/mol. The second kappa shape index (κ2) is 6.75. The molecule has 1 fully saturated rings. The van der Waals surface area contributed by atoms with Crippen LogP contribution in [0.3, 0.4) is 0 Å². The van der Waals surface area contributed by atoms with Crippen molar-refractivity contribution in [3.05, 3.63) is 32.9 Å². The minimum absolute atomic E-state index is 0.454. The fraction of sp³-hybridized carbons (Fsp3) is 0.571. The number of ether oxygens (including phenoxy) is 3. The van der Waals surface area contributed by atoms with Crippen molar-refractivity contribution in [2.45, 2.75) is 44.9 Å². The van der Waals surface area contributed by atoms with Crippen molar-refractivity contribution in [3.63, 3.8) is 0 Å². The molecular weight excluding hydrogens is 346 g/mol. The van der Waals surface area contributed by atoms with Crippen LogP contribution >= 0.6 is 0 Å². The third-order valence-corrected chi connectivity index (χ3v) is 3.60. The lowest BCUT2D eigenvalue weighted by atomic mass is 9.98. The molecule has 1 N–H and O–H groups in total. The highest BCUT2D eigenvalue weighted by molar-refractivity contribution is 5.66. The summed E-state index contributed by atoms with van der Waals surface area (Å²) >= 11 is 0. The van der Waals surface area contributed by atoms with Crippen molar-refractivity contribution in [1.82, 2.24) is 9.55 Å². The zero-order chi connectivity index (χ0) is 18.9. The van der Waals surface area contributed by atoms with Gasteiger partial charge in [-0.05, 0) is 6.92 Å². The number of nitrogens with one attached hydrogen (secondary N) is 1. The smallest absolute Gasteiger partial charge is 0.330 e. The molecule has 9 nitrogen and oxygen atoms in total. The average Bonchev–Trinajstić information content (AvgIpc) is 2.72. The van der Waals surface area contributed by atoms with E-state index in [1.165, 1.54) is 0 Å². The number of alkyl halides is 1. The van der Waals surface area contributed by atoms with Crippen molar-refractivity contribution in [1.29, 1.82) is 0 Å². The molecule has 11 heteroatoms. The Kier molecular flexibility index (Phi) is 5.07. The van der Waals surface area contributed by atoms with Gasteiger partial charge in [0.15, 0.2) is 18.0 Å². The van der Waals surface area contributed by atoms with E-state index in [1.807, 2.05) is 0 Å². The van der Waals surface area contributed by atoms with Crippen LogP contribution in [0.25, 0.3) is 0 Å². The van der Waals surface area contributed by atoms with Gasteiger partial charge < -0.3 is 14.2 Å². The van der Waals surface area contributed by atoms with Crippen molar-refractivity contribution in [2.24, 2.45) is 0 Å². The third-order valence-electron chi connectivity index (χ3n) is 3.60. The summed E-state index contributed by atoms with van der Waals surface area (Å²) < 4.78 is 44.2. The van der Waals surface area contributed by atoms with E-state index >= 15 is 4.39 Å². The van der Waals surface area contributed by atoms with Crippen LogP contribution in [0, 0.1) is 5.82 Å². The van der Waals surface area contributed by atoms with Crippen LogP contribution in [0.5, 0.6) is 0 Å². The Bertz CT molecular complexity index is 801. The van der Waals surface area contributed by atoms with Gasteiger partial charge in [0.2, 0.25) is 5.82 Å². The highest BCUT2D eigenvalue weighted by Gasteiger charge is 2.58. The standard InChI is InChI=1S/C14H16F2N2O7/c1-6(19)23-5-9-10(24-7(2)20)14(3,16)12(25-9)18-4-8(15)11(21)17-13(18)22/h4,9-10,12H,5H2,1-3H3,(H,17,21,22). The zero-order valence-electron chi connectivity index (χ0n) is 13.6. The van der Waals surface area contributed by atoms with E-state index in [0.717, 1.165) is 20.8 Å². The van der Waals surface area contributed by atoms with Gasteiger partial charge in [0, 0.05) is 13.8 Å². The van der Waals surface area contributed by atoms with Gasteiger partial charge in [0.25, 0.3) is 5.56 Å². The van der Waals surface area contributed by atoms with Gasteiger partial charge in [-0.1, -0.05) is 0 Å². The molecule has 1 saturated heterocycles. The number of nitrogens with zero attached hydrogens (tertiary/aromatic N) is 1. The number of hydrogen-bond acceptors (Lipinski definition) is 7. The first-order chi connectivity index (χ1) is 11.5. The molecule has 2 heterocycles. The highest BCUT2D eigenvalue weighted by Crippen LogP contribution is 2.42. The van der Waals surface area contributed by atoms with Crippen LogP contribution in [-0.4, -0.2) is 46.0 Å². The quantitative estimate of drug-likeness (QED) is 0.737. The number of hydrogen-bond donors (Lipinski definition) is 1. The SMILES string of the molecule is CC(=O)OCC1OC(n2cc(F)c(=O)[nH]c2=O)C(C)(F)C1OC(C)=O. The van der Waals surface area contributed by atoms with E-state index in [0.29, 0.717) is 10.8 Å². The van der Waals surface area contributed by atoms with Crippen molar-refractivity contribution in [3.8, 4) is 0 Å². The Balaban J connectivity index is 2.43. The summed E-state index contributed by atoms with van der Waals surface area (Å²) in [4.78, 5) is 46.9. The topological polar surface area (TPSA) is 117 Å². The second-order valence-corrected chi connectivity index (χ2v) is 5.65. The van der Waals surface area contributed by atoms with Crippen molar-refractivity contribution < 1.29 is 32.6 Å². The predicted octanol–water partition coefficient (Wildman–Crippen LogP) is -0.204. The van der Waals surface area contributed by atoms with Crippen LogP contribution in [0.4, 0.5) is 8.78 Å². The minimum atomic E-state index is -2.48. The van der Waals surface area contributed by atoms with E-state index in [2.05, 4.69) is 0 Å². The Morgan fingerprint density at radius 2 is 2.00 bits per heavy atom. The van der Waals surface area contributed by atoms with E-state index in [4.69, 9.17) is 14.2 Å². The van der Waals surface area contributed by atoms with Gasteiger partial charge in [0.05, 0.1) is 6.20 Å². The number of rotatable bonds is 4. The lowest BCUT2D eigenvalue weighted by Gasteiger charge is -2.27. The Hall–Kier alpha value is -2.56. The van der Waals surface area contributed by atoms with E-state index in [9.17, 15) is 23.6 Å². The Morgan fingerprint density at radius 3 is 2.56 bits per heavy atom. The first-order valence-electron chi connectivity index (χ1n) is 7.20. The molecule has 0 amide bonds. The van der Waals surface area contributed by atoms with Gasteiger partial charge in [-0.25, -0.2) is 9.18 Å². The molecule has 0 bridgehead atoms. The summed E-state index contributed by atoms with van der Waals surface area (Å²) in [6.45, 7) is 2.68. The van der Waals surface area contributed by atoms with Gasteiger partial charge >= 0.3 is 17.6 Å². The normalized spacial score (nSPS) is 28.6. The molecule has 0 radical (unpaired) electrons. The molecular formula is C14H16F2N2O7. The molecule has 138 valence electrons. The van der Waals surface area contributed by atoms with Crippen LogP contribution in [0.1, 0.15) is 27.0 Å². The van der Waals surface area contributed by atoms with Crippen molar-refractivity contribution in [2.75, 3.05) is 6.61 Å². The zero-order valence-corrected chi connectivity index (χ0v) is 13.6. The molecule has 1 aliphatic rings. The lowest BCUT2D eigenvalue weighted by molar-refractivity contribution is -0.158. The van der Waals surface area contributed by atoms with E-state index in [1.54, 1.807) is 4.98 Å². The van der Waals surface area contributed by atoms with E-state index in [-0.39, 0.29) is 0 Å². The summed E-state index contributed by atoms with van der Waals surface area (Å²) in [7, 11) is 0. The summed E-state index contributed by atoms with van der Waals surface area (Å²) in [5, 5.41) is 0. The summed E-state index contributed by atoms with van der Waals surface area (Å²) in [6.07, 6.45) is -4.01. The first-order valence-corrected chi connectivity index (χ1v) is 7.20. The number of aromatic amines is 1. The number of esters is 2. The molecule has 1 aromatic heterocycles. The largest absolute Gasteiger partial charge is 0.463 e. The predicted molar refractivity (Wildman–Crippen MR) is 76.9 cm³/mol. The van der Waals surface area contributed by atoms with E-state index < -0.39 is 59.7 Å². The Labute approximate surface area is 139 Å². The molecule has 0 aromatic carbocycles. The molecule has 0 aliphatic carbocycles. The van der Waals surface area contributed by atoms with Crippen LogP contribution in [0.2, 0.25) is 0 Å². The number of aromatic nitrogens is 2. The summed E-state index contributed by atoms with van der Waals surface area (Å²) in [5.41, 5.74) is -4.87. The maximum atomic E-state index is 15.3. The maximum Gasteiger partial charge on any atom is 0.330 e. The number of carbonyl (C=O) groups is 2. The molecule has 4 unspecified atom stereocenters. The van der Waals surface area contributed by atoms with Crippen molar-refractivity contribution >= 4 is 11.9 Å². The Morgan fingerprint density at radius 1 is 1.36 bits per heavy atom. The number of halogens is 2. The van der Waals surface area contributed by atoms with Crippen LogP contribution in [0.15, 0.2) is 15.8 Å². The molecule has 0 spiro atoms. The molecule has 1 aliphatic heterocycles. The number of H-pyrrole nitrogens is 1. The average molecular weight is 362 g/mol. The molecule has 0 saturated carbocycles. The van der Waals surface area contributed by atoms with Crippen LogP contribution < -0.4 is 11.2 Å². The van der Waals surface area contributed by atoms with Gasteiger partial charge in [-0.3, -0.25) is 23.9 Å². The minimum Gasteiger partial charge on any atom is -0.463 e. The fourth-order valence-electron chi connectivity index (χ4n) is 2.54. The fourth-order valence-corrected chi connectivity index (χ4v) is 2.54. The number of carbonyl (C=O) groups excluding carboxylic acids is 2. The molecule has 4 atom stereocenters. The highest BCUT2D eigenvalue weighted by atomic mass is 19.1. The van der Waals surface area contributed by atoms with Crippen LogP contribution in [-0.2, 0) is 23.8 Å². The molecule has 25 heavy (non-hydrogen) atoms. The van der Waals surface area contributed by atoms with Gasteiger partial charge in [-0.15, -0.1) is 0 Å². The molecule has 2 rings (SSSR count). The van der Waals surface area contributed by atoms with Gasteiger partial charge in [0.1, 0.15) is 12.7 Å². The first kappa shape index (κ1) is 18.8. The third kappa shape index (κ3) is 3.76. The lowest BCUT2D eigenvalue weighted by Crippen LogP contribution is -2.46. The van der Waals surface area contributed by atoms with Gasteiger partial charge in [-0.2, -0.15) is 4.39 Å². The molecule has 1 aromatic rings. The maximum absolute atomic E-state index is 15.3. The second-order valence-electron chi connectivity index (χ2n) is 5.65. The summed E-state index contributed by atoms with van der Waals surface area (Å²) in [6, 6.07) is 0.